The van der Waals surface area contributed by atoms with Crippen molar-refractivity contribution in [2.75, 3.05) is 25.0 Å². The molecule has 114 valence electrons. The number of anilines is 1. The van der Waals surface area contributed by atoms with Gasteiger partial charge in [0, 0.05) is 13.1 Å². The van der Waals surface area contributed by atoms with Crippen LogP contribution in [0, 0.1) is 0 Å². The Kier molecular flexibility index (Phi) is 7.58. The van der Waals surface area contributed by atoms with Gasteiger partial charge in [-0.25, -0.2) is 13.1 Å². The minimum absolute atomic E-state index is 0.309. The van der Waals surface area contributed by atoms with Crippen LogP contribution in [0.2, 0.25) is 0 Å². The molecular formula is C14H25N3O2S. The molecule has 0 aromatic heterocycles. The maximum atomic E-state index is 12.1. The first-order valence-electron chi connectivity index (χ1n) is 7.14. The summed E-state index contributed by atoms with van der Waals surface area (Å²) in [6, 6.07) is 6.98. The van der Waals surface area contributed by atoms with E-state index in [9.17, 15) is 8.42 Å². The van der Waals surface area contributed by atoms with E-state index in [2.05, 4.69) is 10.0 Å². The van der Waals surface area contributed by atoms with Gasteiger partial charge in [-0.15, -0.1) is 0 Å². The van der Waals surface area contributed by atoms with Gasteiger partial charge in [-0.1, -0.05) is 31.9 Å². The average Bonchev–Trinajstić information content (AvgIpc) is 2.43. The third-order valence-corrected chi connectivity index (χ3v) is 4.56. The predicted octanol–water partition coefficient (Wildman–Crippen LogP) is 1.92. The largest absolute Gasteiger partial charge is 0.384 e. The molecule has 0 heterocycles. The summed E-state index contributed by atoms with van der Waals surface area (Å²) in [5.74, 6) is 0. The molecule has 0 spiro atoms. The topological polar surface area (TPSA) is 84.2 Å². The second-order valence-electron chi connectivity index (χ2n) is 4.63. The lowest BCUT2D eigenvalue weighted by Gasteiger charge is -2.12. The normalized spacial score (nSPS) is 11.5. The van der Waals surface area contributed by atoms with Gasteiger partial charge in [-0.2, -0.15) is 0 Å². The monoisotopic (exact) mass is 299 g/mol. The number of nitrogens with two attached hydrogens (primary N) is 1. The zero-order valence-corrected chi connectivity index (χ0v) is 12.9. The Balaban J connectivity index is 2.58. The summed E-state index contributed by atoms with van der Waals surface area (Å²) in [6.07, 6.45) is 4.28. The smallest absolute Gasteiger partial charge is 0.242 e. The molecule has 0 saturated heterocycles. The van der Waals surface area contributed by atoms with Crippen molar-refractivity contribution in [1.29, 1.82) is 0 Å². The van der Waals surface area contributed by atoms with Crippen LogP contribution in [0.5, 0.6) is 0 Å². The fourth-order valence-electron chi connectivity index (χ4n) is 1.96. The number of rotatable bonds is 10. The van der Waals surface area contributed by atoms with Gasteiger partial charge in [0.2, 0.25) is 10.0 Å². The van der Waals surface area contributed by atoms with Crippen molar-refractivity contribution in [3.05, 3.63) is 24.3 Å². The third-order valence-electron chi connectivity index (χ3n) is 2.96. The highest BCUT2D eigenvalue weighted by atomic mass is 32.2. The maximum absolute atomic E-state index is 12.1. The van der Waals surface area contributed by atoms with Gasteiger partial charge in [0.25, 0.3) is 0 Å². The molecule has 1 aromatic rings. The third kappa shape index (κ3) is 5.48. The Bertz CT molecular complexity index is 489. The van der Waals surface area contributed by atoms with E-state index in [-0.39, 0.29) is 0 Å². The van der Waals surface area contributed by atoms with E-state index < -0.39 is 10.0 Å². The Hall–Kier alpha value is -1.11. The lowest BCUT2D eigenvalue weighted by atomic mass is 10.2. The number of hydrogen-bond acceptors (Lipinski definition) is 4. The van der Waals surface area contributed by atoms with Gasteiger partial charge in [0.1, 0.15) is 4.90 Å². The number of benzene rings is 1. The molecule has 0 unspecified atom stereocenters. The zero-order chi connectivity index (χ0) is 14.8. The van der Waals surface area contributed by atoms with Crippen molar-refractivity contribution < 1.29 is 8.42 Å². The highest BCUT2D eigenvalue weighted by Crippen LogP contribution is 2.20. The standard InChI is InChI=1S/C14H25N3O2S/c1-2-17-20(18,19)14-10-6-5-9-13(14)16-12-8-4-3-7-11-15/h5-6,9-10,16-17H,2-4,7-8,11-12,15H2,1H3. The molecule has 0 aliphatic heterocycles. The van der Waals surface area contributed by atoms with E-state index in [1.165, 1.54) is 0 Å². The molecule has 1 aromatic carbocycles. The van der Waals surface area contributed by atoms with Crippen LogP contribution >= 0.6 is 0 Å². The second-order valence-corrected chi connectivity index (χ2v) is 6.36. The molecule has 0 aliphatic carbocycles. The van der Waals surface area contributed by atoms with Crippen LogP contribution in [0.15, 0.2) is 29.2 Å². The van der Waals surface area contributed by atoms with E-state index in [1.54, 1.807) is 25.1 Å². The molecule has 6 heteroatoms. The first-order valence-corrected chi connectivity index (χ1v) is 8.62. The molecule has 20 heavy (non-hydrogen) atoms. The Labute approximate surface area is 122 Å². The number of sulfonamides is 1. The van der Waals surface area contributed by atoms with E-state index in [0.29, 0.717) is 17.1 Å². The van der Waals surface area contributed by atoms with E-state index in [4.69, 9.17) is 5.73 Å². The minimum atomic E-state index is -3.42. The fourth-order valence-corrected chi connectivity index (χ4v) is 3.18. The molecule has 0 aliphatic rings. The lowest BCUT2D eigenvalue weighted by Crippen LogP contribution is -2.24. The first-order chi connectivity index (χ1) is 9.61. The zero-order valence-electron chi connectivity index (χ0n) is 12.1. The van der Waals surface area contributed by atoms with Crippen LogP contribution in [-0.4, -0.2) is 28.1 Å². The molecule has 5 nitrogen and oxygen atoms in total. The van der Waals surface area contributed by atoms with Gasteiger partial charge in [-0.05, 0) is 31.5 Å². The highest BCUT2D eigenvalue weighted by molar-refractivity contribution is 7.89. The Morgan fingerprint density at radius 1 is 1.10 bits per heavy atom. The summed E-state index contributed by atoms with van der Waals surface area (Å²) >= 11 is 0. The SMILES string of the molecule is CCNS(=O)(=O)c1ccccc1NCCCCCCN. The summed E-state index contributed by atoms with van der Waals surface area (Å²) in [4.78, 5) is 0.309. The molecule has 0 bridgehead atoms. The number of nitrogens with one attached hydrogen (secondary N) is 2. The van der Waals surface area contributed by atoms with Crippen LogP contribution < -0.4 is 15.8 Å². The summed E-state index contributed by atoms with van der Waals surface area (Å²) in [7, 11) is -3.42. The highest BCUT2D eigenvalue weighted by Gasteiger charge is 2.16. The van der Waals surface area contributed by atoms with Crippen LogP contribution in [0.1, 0.15) is 32.6 Å². The predicted molar refractivity (Wildman–Crippen MR) is 83.3 cm³/mol. The van der Waals surface area contributed by atoms with Gasteiger partial charge < -0.3 is 11.1 Å². The average molecular weight is 299 g/mol. The van der Waals surface area contributed by atoms with Crippen molar-refractivity contribution in [2.24, 2.45) is 5.73 Å². The Morgan fingerprint density at radius 2 is 1.80 bits per heavy atom. The van der Waals surface area contributed by atoms with Crippen LogP contribution in [0.25, 0.3) is 0 Å². The first kappa shape index (κ1) is 16.9. The molecule has 1 rings (SSSR count). The summed E-state index contributed by atoms with van der Waals surface area (Å²) in [5.41, 5.74) is 6.10. The van der Waals surface area contributed by atoms with Gasteiger partial charge >= 0.3 is 0 Å². The van der Waals surface area contributed by atoms with Gasteiger partial charge in [0.15, 0.2) is 0 Å². The maximum Gasteiger partial charge on any atom is 0.242 e. The van der Waals surface area contributed by atoms with Crippen LogP contribution in [0.3, 0.4) is 0 Å². The van der Waals surface area contributed by atoms with Gasteiger partial charge in [-0.3, -0.25) is 0 Å². The molecule has 0 fully saturated rings. The summed E-state index contributed by atoms with van der Waals surface area (Å²) in [6.45, 7) is 3.65. The van der Waals surface area contributed by atoms with Crippen molar-refractivity contribution in [2.45, 2.75) is 37.5 Å². The van der Waals surface area contributed by atoms with Crippen molar-refractivity contribution >= 4 is 15.7 Å². The van der Waals surface area contributed by atoms with E-state index in [1.807, 2.05) is 6.07 Å². The van der Waals surface area contributed by atoms with Crippen molar-refractivity contribution in [3.8, 4) is 0 Å². The number of unbranched alkanes of at least 4 members (excludes halogenated alkanes) is 3. The summed E-state index contributed by atoms with van der Waals surface area (Å²) in [5, 5.41) is 3.20. The van der Waals surface area contributed by atoms with Crippen molar-refractivity contribution in [3.63, 3.8) is 0 Å². The minimum Gasteiger partial charge on any atom is -0.384 e. The molecule has 0 saturated carbocycles. The lowest BCUT2D eigenvalue weighted by molar-refractivity contribution is 0.584. The number of hydrogen-bond donors (Lipinski definition) is 3. The van der Waals surface area contributed by atoms with Gasteiger partial charge in [0.05, 0.1) is 5.69 Å². The van der Waals surface area contributed by atoms with Crippen molar-refractivity contribution in [1.82, 2.24) is 4.72 Å². The second kappa shape index (κ2) is 8.94. The quantitative estimate of drug-likeness (QED) is 0.576. The van der Waals surface area contributed by atoms with E-state index >= 15 is 0 Å². The van der Waals surface area contributed by atoms with Crippen LogP contribution in [-0.2, 0) is 10.0 Å². The van der Waals surface area contributed by atoms with Crippen LogP contribution in [0.4, 0.5) is 5.69 Å². The molecule has 4 N–H and O–H groups in total. The summed E-state index contributed by atoms with van der Waals surface area (Å²) < 4.78 is 26.6. The molecule has 0 amide bonds. The van der Waals surface area contributed by atoms with E-state index in [0.717, 1.165) is 38.8 Å². The molecule has 0 atom stereocenters. The molecule has 0 radical (unpaired) electrons. The Morgan fingerprint density at radius 3 is 2.50 bits per heavy atom. The number of para-hydroxylation sites is 1. The molecular weight excluding hydrogens is 274 g/mol. The fraction of sp³-hybridized carbons (Fsp3) is 0.571.